The van der Waals surface area contributed by atoms with Gasteiger partial charge in [-0.15, -0.1) is 0 Å². The molecular weight excluding hydrogens is 379 g/mol. The lowest BCUT2D eigenvalue weighted by Crippen LogP contribution is -2.24. The van der Waals surface area contributed by atoms with E-state index in [9.17, 15) is 4.39 Å². The Bertz CT molecular complexity index is 1000. The van der Waals surface area contributed by atoms with Gasteiger partial charge in [0.1, 0.15) is 23.8 Å². The largest absolute Gasteiger partial charge is 0.349 e. The van der Waals surface area contributed by atoms with E-state index in [-0.39, 0.29) is 11.9 Å². The molecule has 1 aromatic carbocycles. The first-order valence-corrected chi connectivity index (χ1v) is 9.91. The minimum absolute atomic E-state index is 0.0631. The van der Waals surface area contributed by atoms with Gasteiger partial charge in [0.15, 0.2) is 5.82 Å². The van der Waals surface area contributed by atoms with Gasteiger partial charge in [0.05, 0.1) is 6.04 Å². The number of hydrogen-bond acceptors (Lipinski definition) is 5. The molecule has 2 fully saturated rings. The van der Waals surface area contributed by atoms with Crippen molar-refractivity contribution in [1.29, 1.82) is 0 Å². The standard InChI is InChI=1S/C20H20ClFN6/c21-13-5-6-14(15(22)8-13)17-2-1-7-28(17)20-10-18(23-11-24-20)25-19-9-16(26-27-19)12-3-4-12/h5-6,8-12,17H,1-4,7H2,(H2,23,24,25,26,27). The van der Waals surface area contributed by atoms with Gasteiger partial charge in [-0.2, -0.15) is 5.10 Å². The summed E-state index contributed by atoms with van der Waals surface area (Å²) in [5.41, 5.74) is 1.81. The molecule has 6 nitrogen and oxygen atoms in total. The fourth-order valence-corrected chi connectivity index (χ4v) is 4.00. The molecule has 1 aliphatic carbocycles. The van der Waals surface area contributed by atoms with Crippen molar-refractivity contribution < 1.29 is 4.39 Å². The summed E-state index contributed by atoms with van der Waals surface area (Å²) >= 11 is 5.91. The molecule has 0 spiro atoms. The Morgan fingerprint density at radius 3 is 2.82 bits per heavy atom. The molecule has 2 aromatic heterocycles. The Balaban J connectivity index is 1.38. The van der Waals surface area contributed by atoms with E-state index in [1.54, 1.807) is 12.1 Å². The van der Waals surface area contributed by atoms with Gasteiger partial charge < -0.3 is 10.2 Å². The van der Waals surface area contributed by atoms with E-state index in [4.69, 9.17) is 11.6 Å². The number of hydrogen-bond donors (Lipinski definition) is 2. The van der Waals surface area contributed by atoms with Crippen LogP contribution in [-0.4, -0.2) is 26.7 Å². The zero-order chi connectivity index (χ0) is 19.1. The van der Waals surface area contributed by atoms with Crippen LogP contribution in [0, 0.1) is 5.82 Å². The highest BCUT2D eigenvalue weighted by Crippen LogP contribution is 2.40. The number of H-pyrrole nitrogens is 1. The fraction of sp³-hybridized carbons (Fsp3) is 0.350. The number of nitrogens with zero attached hydrogens (tertiary/aromatic N) is 4. The molecule has 1 unspecified atom stereocenters. The molecule has 1 saturated carbocycles. The summed E-state index contributed by atoms with van der Waals surface area (Å²) in [7, 11) is 0. The van der Waals surface area contributed by atoms with E-state index in [2.05, 4.69) is 30.4 Å². The highest BCUT2D eigenvalue weighted by molar-refractivity contribution is 6.30. The van der Waals surface area contributed by atoms with E-state index < -0.39 is 0 Å². The molecule has 1 saturated heterocycles. The Morgan fingerprint density at radius 1 is 1.11 bits per heavy atom. The second-order valence-corrected chi connectivity index (χ2v) is 7.82. The van der Waals surface area contributed by atoms with E-state index in [0.29, 0.717) is 22.3 Å². The topological polar surface area (TPSA) is 69.7 Å². The van der Waals surface area contributed by atoms with Gasteiger partial charge in [0, 0.05) is 40.9 Å². The third-order valence-corrected chi connectivity index (χ3v) is 5.63. The Morgan fingerprint density at radius 2 is 2.00 bits per heavy atom. The highest BCUT2D eigenvalue weighted by atomic mass is 35.5. The SMILES string of the molecule is Fc1cc(Cl)ccc1C1CCCN1c1cc(Nc2cc(C3CC3)[nH]n2)ncn1. The summed E-state index contributed by atoms with van der Waals surface area (Å²) in [6.45, 7) is 0.817. The molecule has 0 radical (unpaired) electrons. The van der Waals surface area contributed by atoms with Gasteiger partial charge in [-0.25, -0.2) is 14.4 Å². The normalized spacial score (nSPS) is 19.2. The third kappa shape index (κ3) is 3.42. The molecule has 0 bridgehead atoms. The minimum atomic E-state index is -0.277. The number of anilines is 3. The van der Waals surface area contributed by atoms with Crippen LogP contribution in [0.3, 0.4) is 0 Å². The second-order valence-electron chi connectivity index (χ2n) is 7.39. The average Bonchev–Trinajstić information content (AvgIpc) is 3.23. The maximum absolute atomic E-state index is 14.5. The number of nitrogens with one attached hydrogen (secondary N) is 2. The number of rotatable bonds is 5. The summed E-state index contributed by atoms with van der Waals surface area (Å²) < 4.78 is 14.5. The van der Waals surface area contributed by atoms with Crippen molar-refractivity contribution in [3.63, 3.8) is 0 Å². The Labute approximate surface area is 167 Å². The van der Waals surface area contributed by atoms with E-state index in [1.165, 1.54) is 25.2 Å². The van der Waals surface area contributed by atoms with Gasteiger partial charge in [-0.3, -0.25) is 5.10 Å². The number of benzene rings is 1. The van der Waals surface area contributed by atoms with Crippen molar-refractivity contribution in [1.82, 2.24) is 20.2 Å². The summed E-state index contributed by atoms with van der Waals surface area (Å²) in [4.78, 5) is 10.9. The lowest BCUT2D eigenvalue weighted by molar-refractivity contribution is 0.579. The van der Waals surface area contributed by atoms with Crippen LogP contribution in [0.5, 0.6) is 0 Å². The number of aromatic nitrogens is 4. The van der Waals surface area contributed by atoms with Gasteiger partial charge in [-0.1, -0.05) is 17.7 Å². The van der Waals surface area contributed by atoms with Crippen molar-refractivity contribution in [2.24, 2.45) is 0 Å². The summed E-state index contributed by atoms with van der Waals surface area (Å²) in [5, 5.41) is 11.0. The lowest BCUT2D eigenvalue weighted by Gasteiger charge is -2.26. The first kappa shape index (κ1) is 17.4. The molecular formula is C20H20ClFN6. The van der Waals surface area contributed by atoms with Crippen molar-refractivity contribution in [2.75, 3.05) is 16.8 Å². The molecule has 0 amide bonds. The molecule has 2 aliphatic rings. The molecule has 3 heterocycles. The Kier molecular flexibility index (Phi) is 4.39. The van der Waals surface area contributed by atoms with Crippen molar-refractivity contribution in [3.05, 3.63) is 58.8 Å². The zero-order valence-electron chi connectivity index (χ0n) is 15.2. The average molecular weight is 399 g/mol. The van der Waals surface area contributed by atoms with Gasteiger partial charge >= 0.3 is 0 Å². The first-order valence-electron chi connectivity index (χ1n) is 9.53. The van der Waals surface area contributed by atoms with Crippen molar-refractivity contribution >= 4 is 29.1 Å². The number of aromatic amines is 1. The van der Waals surface area contributed by atoms with Gasteiger partial charge in [0.25, 0.3) is 0 Å². The predicted octanol–water partition coefficient (Wildman–Crippen LogP) is 4.95. The molecule has 3 aromatic rings. The van der Waals surface area contributed by atoms with Crippen LogP contribution in [0.1, 0.15) is 48.9 Å². The van der Waals surface area contributed by atoms with Crippen LogP contribution in [0.15, 0.2) is 36.7 Å². The lowest BCUT2D eigenvalue weighted by atomic mass is 10.0. The molecule has 1 aliphatic heterocycles. The molecule has 5 rings (SSSR count). The highest BCUT2D eigenvalue weighted by Gasteiger charge is 2.30. The molecule has 144 valence electrons. The smallest absolute Gasteiger partial charge is 0.153 e. The van der Waals surface area contributed by atoms with Crippen LogP contribution < -0.4 is 10.2 Å². The fourth-order valence-electron chi connectivity index (χ4n) is 3.84. The summed E-state index contributed by atoms with van der Waals surface area (Å²) in [6.07, 6.45) is 5.81. The minimum Gasteiger partial charge on any atom is -0.349 e. The van der Waals surface area contributed by atoms with E-state index >= 15 is 0 Å². The summed E-state index contributed by atoms with van der Waals surface area (Å²) in [5.74, 6) is 2.52. The summed E-state index contributed by atoms with van der Waals surface area (Å²) in [6, 6.07) is 8.73. The molecule has 28 heavy (non-hydrogen) atoms. The van der Waals surface area contributed by atoms with Crippen molar-refractivity contribution in [3.8, 4) is 0 Å². The van der Waals surface area contributed by atoms with Crippen LogP contribution in [0.25, 0.3) is 0 Å². The molecule has 1 atom stereocenters. The van der Waals surface area contributed by atoms with Crippen LogP contribution in [0.4, 0.5) is 21.8 Å². The predicted molar refractivity (Wildman–Crippen MR) is 107 cm³/mol. The zero-order valence-corrected chi connectivity index (χ0v) is 16.0. The van der Waals surface area contributed by atoms with Crippen LogP contribution >= 0.6 is 11.6 Å². The van der Waals surface area contributed by atoms with Crippen LogP contribution in [-0.2, 0) is 0 Å². The van der Waals surface area contributed by atoms with E-state index in [1.807, 2.05) is 12.1 Å². The molecule has 2 N–H and O–H groups in total. The maximum Gasteiger partial charge on any atom is 0.153 e. The maximum atomic E-state index is 14.5. The first-order chi connectivity index (χ1) is 13.7. The van der Waals surface area contributed by atoms with Crippen molar-refractivity contribution in [2.45, 2.75) is 37.6 Å². The van der Waals surface area contributed by atoms with Gasteiger partial charge in [-0.05, 0) is 37.8 Å². The third-order valence-electron chi connectivity index (χ3n) is 5.39. The van der Waals surface area contributed by atoms with Gasteiger partial charge in [0.2, 0.25) is 0 Å². The second kappa shape index (κ2) is 7.05. The van der Waals surface area contributed by atoms with Crippen LogP contribution in [0.2, 0.25) is 5.02 Å². The van der Waals surface area contributed by atoms with E-state index in [0.717, 1.165) is 36.7 Å². The Hall–Kier alpha value is -2.67. The monoisotopic (exact) mass is 398 g/mol. The quantitative estimate of drug-likeness (QED) is 0.636. The molecule has 8 heteroatoms. The number of halogens is 2.